The highest BCUT2D eigenvalue weighted by Gasteiger charge is 2.87. The van der Waals surface area contributed by atoms with E-state index in [9.17, 15) is 26.3 Å². The van der Waals surface area contributed by atoms with Gasteiger partial charge in [0, 0.05) is 17.3 Å². The van der Waals surface area contributed by atoms with Crippen molar-refractivity contribution in [3.8, 4) is 0 Å². The molecule has 138 valence electrons. The molecule has 1 saturated heterocycles. The van der Waals surface area contributed by atoms with Gasteiger partial charge >= 0.3 is 12.4 Å². The van der Waals surface area contributed by atoms with E-state index in [1.807, 2.05) is 0 Å². The van der Waals surface area contributed by atoms with Crippen LogP contribution in [0.25, 0.3) is 0 Å². The van der Waals surface area contributed by atoms with E-state index in [1.54, 1.807) is 0 Å². The highest BCUT2D eigenvalue weighted by Crippen LogP contribution is 2.68. The van der Waals surface area contributed by atoms with Crippen LogP contribution in [0.3, 0.4) is 0 Å². The second-order valence-corrected chi connectivity index (χ2v) is 8.00. The van der Waals surface area contributed by atoms with Crippen molar-refractivity contribution in [2.75, 3.05) is 0 Å². The molecule has 0 aliphatic carbocycles. The topological polar surface area (TPSA) is 9.23 Å². The lowest BCUT2D eigenvalue weighted by molar-refractivity contribution is -0.406. The number of ether oxygens (including phenoxy) is 1. The molecule has 9 heteroatoms. The van der Waals surface area contributed by atoms with Crippen molar-refractivity contribution >= 4 is 0 Å². The molecule has 0 aromatic carbocycles. The molecule has 1 nitrogen and oxygen atoms in total. The molecule has 1 fully saturated rings. The minimum Gasteiger partial charge on any atom is -0.318 e. The maximum atomic E-state index is 15.4. The van der Waals surface area contributed by atoms with Crippen LogP contribution in [0.1, 0.15) is 48.0 Å². The van der Waals surface area contributed by atoms with Crippen molar-refractivity contribution in [2.45, 2.75) is 77.4 Å². The Hall–Kier alpha value is -0.600. The van der Waals surface area contributed by atoms with Gasteiger partial charge in [-0.1, -0.05) is 41.5 Å². The SMILES string of the molecule is CC(C)(C)C1(F)CC(C(F)(F)F)(C(F)(F)F)OC1(F)C(C)(C)C. The van der Waals surface area contributed by atoms with E-state index in [4.69, 9.17) is 0 Å². The molecule has 0 aromatic heterocycles. The Morgan fingerprint density at radius 3 is 1.22 bits per heavy atom. The van der Waals surface area contributed by atoms with E-state index in [2.05, 4.69) is 4.74 Å². The largest absolute Gasteiger partial charge is 0.426 e. The van der Waals surface area contributed by atoms with Crippen LogP contribution in [-0.4, -0.2) is 29.5 Å². The smallest absolute Gasteiger partial charge is 0.318 e. The van der Waals surface area contributed by atoms with Crippen molar-refractivity contribution in [1.29, 1.82) is 0 Å². The summed E-state index contributed by atoms with van der Waals surface area (Å²) >= 11 is 0. The first-order chi connectivity index (χ1) is 9.66. The fourth-order valence-corrected chi connectivity index (χ4v) is 2.79. The molecule has 1 aliphatic heterocycles. The highest BCUT2D eigenvalue weighted by molar-refractivity contribution is 5.20. The number of hydrogen-bond acceptors (Lipinski definition) is 1. The molecule has 2 atom stereocenters. The summed E-state index contributed by atoms with van der Waals surface area (Å²) in [6.07, 6.45) is -14.2. The Morgan fingerprint density at radius 2 is 1.04 bits per heavy atom. The summed E-state index contributed by atoms with van der Waals surface area (Å²) in [7, 11) is 0. The summed E-state index contributed by atoms with van der Waals surface area (Å²) in [5.74, 6) is -3.79. The minimum atomic E-state index is -6.02. The summed E-state index contributed by atoms with van der Waals surface area (Å²) in [6.45, 7) is 6.11. The van der Waals surface area contributed by atoms with Gasteiger partial charge in [0.15, 0.2) is 5.67 Å². The van der Waals surface area contributed by atoms with Crippen molar-refractivity contribution < 1.29 is 39.9 Å². The summed E-state index contributed by atoms with van der Waals surface area (Å²) in [5.41, 5.74) is -12.2. The van der Waals surface area contributed by atoms with Crippen molar-refractivity contribution in [2.24, 2.45) is 10.8 Å². The van der Waals surface area contributed by atoms with E-state index in [-0.39, 0.29) is 0 Å². The third kappa shape index (κ3) is 2.53. The predicted octanol–water partition coefficient (Wildman–Crippen LogP) is 5.74. The molecule has 23 heavy (non-hydrogen) atoms. The Bertz CT molecular complexity index is 423. The van der Waals surface area contributed by atoms with Crippen LogP contribution in [-0.2, 0) is 4.74 Å². The highest BCUT2D eigenvalue weighted by atomic mass is 19.4. The Morgan fingerprint density at radius 1 is 0.696 bits per heavy atom. The number of hydrogen-bond donors (Lipinski definition) is 0. The molecule has 0 saturated carbocycles. The van der Waals surface area contributed by atoms with Gasteiger partial charge in [0.25, 0.3) is 5.60 Å². The van der Waals surface area contributed by atoms with Gasteiger partial charge in [-0.25, -0.2) is 8.78 Å². The van der Waals surface area contributed by atoms with Gasteiger partial charge in [-0.15, -0.1) is 0 Å². The van der Waals surface area contributed by atoms with E-state index in [1.165, 1.54) is 0 Å². The van der Waals surface area contributed by atoms with Gasteiger partial charge in [0.05, 0.1) is 0 Å². The van der Waals surface area contributed by atoms with Crippen molar-refractivity contribution in [1.82, 2.24) is 0 Å². The lowest BCUT2D eigenvalue weighted by atomic mass is 9.64. The van der Waals surface area contributed by atoms with E-state index < -0.39 is 46.7 Å². The molecular formula is C14H20F8O. The first-order valence-corrected chi connectivity index (χ1v) is 6.88. The first-order valence-electron chi connectivity index (χ1n) is 6.88. The third-order valence-corrected chi connectivity index (χ3v) is 4.39. The van der Waals surface area contributed by atoms with Gasteiger partial charge in [-0.2, -0.15) is 26.3 Å². The van der Waals surface area contributed by atoms with Crippen LogP contribution in [0.15, 0.2) is 0 Å². The van der Waals surface area contributed by atoms with Crippen molar-refractivity contribution in [3.63, 3.8) is 0 Å². The molecule has 0 spiro atoms. The minimum absolute atomic E-state index is 0.996. The first kappa shape index (κ1) is 20.4. The number of rotatable bonds is 0. The van der Waals surface area contributed by atoms with Crippen LogP contribution >= 0.6 is 0 Å². The molecule has 1 rings (SSSR count). The molecule has 1 aliphatic rings. The van der Waals surface area contributed by atoms with Gasteiger partial charge in [0.2, 0.25) is 5.85 Å². The zero-order chi connectivity index (χ0) is 18.9. The third-order valence-electron chi connectivity index (χ3n) is 4.39. The predicted molar refractivity (Wildman–Crippen MR) is 67.1 cm³/mol. The monoisotopic (exact) mass is 356 g/mol. The fraction of sp³-hybridized carbons (Fsp3) is 1.00. The van der Waals surface area contributed by atoms with Crippen LogP contribution in [0.2, 0.25) is 0 Å². The quantitative estimate of drug-likeness (QED) is 0.503. The van der Waals surface area contributed by atoms with Gasteiger partial charge in [0.1, 0.15) is 0 Å². The van der Waals surface area contributed by atoms with Crippen molar-refractivity contribution in [3.05, 3.63) is 0 Å². The van der Waals surface area contributed by atoms with Crippen LogP contribution in [0.5, 0.6) is 0 Å². The standard InChI is InChI=1S/C14H20F8O/c1-8(2,3)10(15)7-11(13(17,18)19,14(20,21)22)23-12(10,16)9(4,5)6/h7H2,1-6H3. The van der Waals surface area contributed by atoms with E-state index in [0.29, 0.717) is 0 Å². The van der Waals surface area contributed by atoms with Crippen LogP contribution in [0, 0.1) is 10.8 Å². The normalized spacial score (nSPS) is 33.1. The van der Waals surface area contributed by atoms with Gasteiger partial charge in [-0.3, -0.25) is 0 Å². The van der Waals surface area contributed by atoms with E-state index >= 15 is 8.78 Å². The molecular weight excluding hydrogens is 336 g/mol. The van der Waals surface area contributed by atoms with Crippen LogP contribution < -0.4 is 0 Å². The second-order valence-electron chi connectivity index (χ2n) is 8.00. The average molecular weight is 356 g/mol. The molecule has 0 N–H and O–H groups in total. The summed E-state index contributed by atoms with van der Waals surface area (Å²) in [4.78, 5) is 0. The molecule has 0 radical (unpaired) electrons. The number of alkyl halides is 8. The van der Waals surface area contributed by atoms with Gasteiger partial charge in [-0.05, 0) is 0 Å². The molecule has 0 amide bonds. The maximum absolute atomic E-state index is 15.4. The summed E-state index contributed by atoms with van der Waals surface area (Å²) in [6, 6.07) is 0. The maximum Gasteiger partial charge on any atom is 0.426 e. The average Bonchev–Trinajstić information content (AvgIpc) is 2.48. The molecule has 0 aromatic rings. The molecule has 2 unspecified atom stereocenters. The zero-order valence-corrected chi connectivity index (χ0v) is 13.6. The Labute approximate surface area is 129 Å². The second kappa shape index (κ2) is 4.73. The number of halogens is 8. The van der Waals surface area contributed by atoms with Crippen LogP contribution in [0.4, 0.5) is 35.1 Å². The Kier molecular flexibility index (Phi) is 4.20. The fourth-order valence-electron chi connectivity index (χ4n) is 2.79. The van der Waals surface area contributed by atoms with E-state index in [0.717, 1.165) is 41.5 Å². The molecule has 1 heterocycles. The molecule has 0 bridgehead atoms. The summed E-state index contributed by atoms with van der Waals surface area (Å²) < 4.78 is 114. The van der Waals surface area contributed by atoms with Gasteiger partial charge < -0.3 is 4.74 Å². The lowest BCUT2D eigenvalue weighted by Gasteiger charge is -2.47. The Balaban J connectivity index is 3.76. The zero-order valence-electron chi connectivity index (χ0n) is 13.6. The lowest BCUT2D eigenvalue weighted by Crippen LogP contribution is -2.59. The summed E-state index contributed by atoms with van der Waals surface area (Å²) in [5, 5.41) is 0.